The van der Waals surface area contributed by atoms with Crippen molar-refractivity contribution in [1.82, 2.24) is 15.3 Å². The molecule has 1 aromatic rings. The third-order valence-corrected chi connectivity index (χ3v) is 3.25. The summed E-state index contributed by atoms with van der Waals surface area (Å²) in [5.74, 6) is 1.10. The van der Waals surface area contributed by atoms with Gasteiger partial charge >= 0.3 is 0 Å². The molecule has 0 bridgehead atoms. The second-order valence-electron chi connectivity index (χ2n) is 4.56. The van der Waals surface area contributed by atoms with E-state index in [1.807, 2.05) is 6.20 Å². The van der Waals surface area contributed by atoms with Crippen LogP contribution in [-0.2, 0) is 0 Å². The van der Waals surface area contributed by atoms with Gasteiger partial charge in [0.1, 0.15) is 5.82 Å². The van der Waals surface area contributed by atoms with Crippen molar-refractivity contribution in [2.24, 2.45) is 0 Å². The number of hydrogen-bond acceptors (Lipinski definition) is 2. The maximum Gasteiger partial charge on any atom is 0.123 e. The average Bonchev–Trinajstić information content (AvgIpc) is 2.85. The van der Waals surface area contributed by atoms with E-state index in [9.17, 15) is 0 Å². The Bertz CT molecular complexity index is 300. The van der Waals surface area contributed by atoms with Gasteiger partial charge in [-0.05, 0) is 26.2 Å². The van der Waals surface area contributed by atoms with E-state index in [1.54, 1.807) is 0 Å². The van der Waals surface area contributed by atoms with Gasteiger partial charge < -0.3 is 10.3 Å². The second-order valence-corrected chi connectivity index (χ2v) is 4.56. The highest BCUT2D eigenvalue weighted by Crippen LogP contribution is 2.22. The molecular formula is C12H21N3. The normalized spacial score (nSPS) is 19.6. The molecule has 0 unspecified atom stereocenters. The van der Waals surface area contributed by atoms with Gasteiger partial charge in [0.2, 0.25) is 0 Å². The lowest BCUT2D eigenvalue weighted by molar-refractivity contribution is 0.418. The summed E-state index contributed by atoms with van der Waals surface area (Å²) >= 11 is 0. The molecule has 84 valence electrons. The molecule has 2 N–H and O–H groups in total. The first-order valence-electron chi connectivity index (χ1n) is 6.07. The Morgan fingerprint density at radius 2 is 2.27 bits per heavy atom. The van der Waals surface area contributed by atoms with Crippen molar-refractivity contribution in [3.05, 3.63) is 17.7 Å². The number of nitrogens with zero attached hydrogens (tertiary/aromatic N) is 1. The van der Waals surface area contributed by atoms with E-state index in [2.05, 4.69) is 29.1 Å². The van der Waals surface area contributed by atoms with Crippen LogP contribution in [0.5, 0.6) is 0 Å². The lowest BCUT2D eigenvalue weighted by Gasteiger charge is -2.19. The molecule has 0 aliphatic heterocycles. The molecule has 1 saturated carbocycles. The van der Waals surface area contributed by atoms with Gasteiger partial charge in [-0.3, -0.25) is 0 Å². The molecule has 0 amide bonds. The maximum absolute atomic E-state index is 4.41. The van der Waals surface area contributed by atoms with Crippen LogP contribution in [0.2, 0.25) is 0 Å². The van der Waals surface area contributed by atoms with Crippen LogP contribution >= 0.6 is 0 Å². The minimum atomic E-state index is 0.404. The van der Waals surface area contributed by atoms with Crippen molar-refractivity contribution >= 4 is 0 Å². The Hall–Kier alpha value is -0.830. The number of aromatic nitrogens is 2. The van der Waals surface area contributed by atoms with Crippen LogP contribution in [0.1, 0.15) is 56.6 Å². The van der Waals surface area contributed by atoms with Crippen molar-refractivity contribution in [2.45, 2.75) is 58.0 Å². The molecular weight excluding hydrogens is 186 g/mol. The summed E-state index contributed by atoms with van der Waals surface area (Å²) in [5.41, 5.74) is 1.15. The fourth-order valence-corrected chi connectivity index (χ4v) is 2.38. The monoisotopic (exact) mass is 207 g/mol. The first-order chi connectivity index (χ1) is 7.29. The fraction of sp³-hybridized carbons (Fsp3) is 0.750. The van der Waals surface area contributed by atoms with Gasteiger partial charge in [-0.1, -0.05) is 19.8 Å². The van der Waals surface area contributed by atoms with E-state index in [4.69, 9.17) is 0 Å². The van der Waals surface area contributed by atoms with E-state index in [0.717, 1.165) is 17.9 Å². The quantitative estimate of drug-likeness (QED) is 0.797. The summed E-state index contributed by atoms with van der Waals surface area (Å²) in [6, 6.07) is 1.11. The van der Waals surface area contributed by atoms with E-state index >= 15 is 0 Å². The predicted octanol–water partition coefficient (Wildman–Crippen LogP) is 2.70. The van der Waals surface area contributed by atoms with Crippen LogP contribution < -0.4 is 5.32 Å². The number of nitrogens with one attached hydrogen (secondary N) is 2. The Labute approximate surface area is 91.7 Å². The minimum Gasteiger partial charge on any atom is -0.345 e. The standard InChI is InChI=1S/C12H21N3/c1-3-11(12-13-8-9(2)14-12)15-10-6-4-5-7-10/h8,10-11,15H,3-7H2,1-2H3,(H,13,14)/t11-/m0/s1. The smallest absolute Gasteiger partial charge is 0.123 e. The number of hydrogen-bond donors (Lipinski definition) is 2. The van der Waals surface area contributed by atoms with Gasteiger partial charge in [-0.15, -0.1) is 0 Å². The molecule has 1 heterocycles. The molecule has 3 heteroatoms. The molecule has 0 radical (unpaired) electrons. The highest BCUT2D eigenvalue weighted by molar-refractivity contribution is 5.03. The molecule has 1 fully saturated rings. The van der Waals surface area contributed by atoms with Crippen molar-refractivity contribution in [3.8, 4) is 0 Å². The van der Waals surface area contributed by atoms with Gasteiger partial charge in [0.05, 0.1) is 6.04 Å². The maximum atomic E-state index is 4.41. The molecule has 2 rings (SSSR count). The summed E-state index contributed by atoms with van der Waals surface area (Å²) < 4.78 is 0. The van der Waals surface area contributed by atoms with Crippen LogP contribution in [0.3, 0.4) is 0 Å². The van der Waals surface area contributed by atoms with Crippen LogP contribution in [0.4, 0.5) is 0 Å². The summed E-state index contributed by atoms with van der Waals surface area (Å²) in [7, 11) is 0. The molecule has 0 saturated heterocycles. The van der Waals surface area contributed by atoms with Crippen molar-refractivity contribution < 1.29 is 0 Å². The van der Waals surface area contributed by atoms with Crippen LogP contribution in [-0.4, -0.2) is 16.0 Å². The molecule has 1 aromatic heterocycles. The lowest BCUT2D eigenvalue weighted by Crippen LogP contribution is -2.30. The molecule has 1 aliphatic rings. The molecule has 0 aromatic carbocycles. The second kappa shape index (κ2) is 4.79. The Kier molecular flexibility index (Phi) is 3.41. The van der Waals surface area contributed by atoms with E-state index in [-0.39, 0.29) is 0 Å². The zero-order valence-corrected chi connectivity index (χ0v) is 9.71. The third kappa shape index (κ3) is 2.59. The van der Waals surface area contributed by atoms with Crippen molar-refractivity contribution in [3.63, 3.8) is 0 Å². The molecule has 15 heavy (non-hydrogen) atoms. The van der Waals surface area contributed by atoms with Gasteiger partial charge in [-0.25, -0.2) is 4.98 Å². The number of aryl methyl sites for hydroxylation is 1. The van der Waals surface area contributed by atoms with Crippen LogP contribution in [0, 0.1) is 6.92 Å². The Balaban J connectivity index is 1.97. The lowest BCUT2D eigenvalue weighted by atomic mass is 10.1. The molecule has 0 spiro atoms. The first-order valence-corrected chi connectivity index (χ1v) is 6.07. The van der Waals surface area contributed by atoms with E-state index in [1.165, 1.54) is 25.7 Å². The average molecular weight is 207 g/mol. The van der Waals surface area contributed by atoms with Gasteiger partial charge in [0, 0.05) is 17.9 Å². The van der Waals surface area contributed by atoms with Gasteiger partial charge in [-0.2, -0.15) is 0 Å². The van der Waals surface area contributed by atoms with Gasteiger partial charge in [0.25, 0.3) is 0 Å². The number of aromatic amines is 1. The molecule has 1 atom stereocenters. The minimum absolute atomic E-state index is 0.404. The summed E-state index contributed by atoms with van der Waals surface area (Å²) in [6.07, 6.45) is 8.43. The van der Waals surface area contributed by atoms with Crippen LogP contribution in [0.25, 0.3) is 0 Å². The van der Waals surface area contributed by atoms with E-state index < -0.39 is 0 Å². The third-order valence-electron chi connectivity index (χ3n) is 3.25. The number of H-pyrrole nitrogens is 1. The van der Waals surface area contributed by atoms with E-state index in [0.29, 0.717) is 12.1 Å². The molecule has 1 aliphatic carbocycles. The summed E-state index contributed by atoms with van der Waals surface area (Å²) in [6.45, 7) is 4.27. The van der Waals surface area contributed by atoms with Crippen molar-refractivity contribution in [1.29, 1.82) is 0 Å². The predicted molar refractivity (Wildman–Crippen MR) is 61.7 cm³/mol. The Morgan fingerprint density at radius 3 is 2.80 bits per heavy atom. The number of rotatable bonds is 4. The largest absolute Gasteiger partial charge is 0.345 e. The SMILES string of the molecule is CC[C@H](NC1CCCC1)c1ncc(C)[nH]1. The summed E-state index contributed by atoms with van der Waals surface area (Å²) in [5, 5.41) is 3.70. The highest BCUT2D eigenvalue weighted by atomic mass is 15.0. The topological polar surface area (TPSA) is 40.7 Å². The first kappa shape index (κ1) is 10.7. The Morgan fingerprint density at radius 1 is 1.53 bits per heavy atom. The number of imidazole rings is 1. The zero-order chi connectivity index (χ0) is 10.7. The fourth-order valence-electron chi connectivity index (χ4n) is 2.38. The zero-order valence-electron chi connectivity index (χ0n) is 9.71. The van der Waals surface area contributed by atoms with Crippen LogP contribution in [0.15, 0.2) is 6.20 Å². The molecule has 3 nitrogen and oxygen atoms in total. The summed E-state index contributed by atoms with van der Waals surface area (Å²) in [4.78, 5) is 7.74. The van der Waals surface area contributed by atoms with Gasteiger partial charge in [0.15, 0.2) is 0 Å². The van der Waals surface area contributed by atoms with Crippen molar-refractivity contribution in [2.75, 3.05) is 0 Å². The highest BCUT2D eigenvalue weighted by Gasteiger charge is 2.20.